The van der Waals surface area contributed by atoms with Gasteiger partial charge >= 0.3 is 0 Å². The number of fused-ring (bicyclic) bond motifs is 1. The molecule has 1 heterocycles. The maximum absolute atomic E-state index is 11.1. The second-order valence-electron chi connectivity index (χ2n) is 4.06. The highest BCUT2D eigenvalue weighted by atomic mass is 32.2. The highest BCUT2D eigenvalue weighted by Crippen LogP contribution is 2.35. The molecule has 0 amide bonds. The van der Waals surface area contributed by atoms with Crippen molar-refractivity contribution in [2.45, 2.75) is 5.41 Å². The Morgan fingerprint density at radius 2 is 2.00 bits per heavy atom. The molecule has 1 aliphatic rings. The summed E-state index contributed by atoms with van der Waals surface area (Å²) in [6.07, 6.45) is 3.13. The Hall–Kier alpha value is -1.37. The largest absolute Gasteiger partial charge is 0.395 e. The van der Waals surface area contributed by atoms with Crippen LogP contribution in [0.5, 0.6) is 0 Å². The minimum Gasteiger partial charge on any atom is -0.395 e. The third kappa shape index (κ3) is 2.33. The van der Waals surface area contributed by atoms with Crippen molar-refractivity contribution in [1.29, 1.82) is 0 Å². The van der Waals surface area contributed by atoms with Gasteiger partial charge in [0.15, 0.2) is 0 Å². The minimum absolute atomic E-state index is 0.387. The molecule has 0 aromatic heterocycles. The molecule has 1 atom stereocenters. The van der Waals surface area contributed by atoms with Gasteiger partial charge in [0.25, 0.3) is 10.1 Å². The number of benzene rings is 1. The van der Waals surface area contributed by atoms with Gasteiger partial charge in [0.2, 0.25) is 0 Å². The zero-order chi connectivity index (χ0) is 12.5. The molecule has 6 heteroatoms. The average Bonchev–Trinajstić information content (AvgIpc) is 2.27. The van der Waals surface area contributed by atoms with E-state index in [1.165, 1.54) is 0 Å². The molecule has 0 saturated carbocycles. The van der Waals surface area contributed by atoms with Crippen molar-refractivity contribution in [2.24, 2.45) is 0 Å². The van der Waals surface area contributed by atoms with Gasteiger partial charge in [-0.2, -0.15) is 8.42 Å². The fourth-order valence-corrected chi connectivity index (χ4v) is 3.05. The molecule has 5 nitrogen and oxygen atoms in total. The maximum Gasteiger partial charge on any atom is 0.266 e. The van der Waals surface area contributed by atoms with Crippen molar-refractivity contribution in [1.82, 2.24) is 0 Å². The van der Waals surface area contributed by atoms with Crippen LogP contribution in [-0.4, -0.2) is 30.4 Å². The molecule has 1 aromatic carbocycles. The molecular formula is C11H13NO4S. The Morgan fingerprint density at radius 3 is 2.65 bits per heavy atom. The summed E-state index contributed by atoms with van der Waals surface area (Å²) in [7, 11) is -4.18. The van der Waals surface area contributed by atoms with Crippen LogP contribution in [0.2, 0.25) is 0 Å². The summed E-state index contributed by atoms with van der Waals surface area (Å²) in [6.45, 7) is -0.387. The molecule has 92 valence electrons. The molecule has 17 heavy (non-hydrogen) atoms. The van der Waals surface area contributed by atoms with Crippen LogP contribution in [0.4, 0.5) is 5.69 Å². The number of hydrogen-bond donors (Lipinski definition) is 3. The van der Waals surface area contributed by atoms with Crippen molar-refractivity contribution in [3.05, 3.63) is 42.1 Å². The van der Waals surface area contributed by atoms with Crippen LogP contribution in [0.25, 0.3) is 0 Å². The molecule has 2 rings (SSSR count). The number of para-hydroxylation sites is 1. The molecule has 1 aliphatic heterocycles. The zero-order valence-electron chi connectivity index (χ0n) is 9.00. The van der Waals surface area contributed by atoms with E-state index in [-0.39, 0.29) is 6.61 Å². The first kappa shape index (κ1) is 12.1. The summed E-state index contributed by atoms with van der Waals surface area (Å²) in [4.78, 5) is 0. The Balaban J connectivity index is 2.54. The summed E-state index contributed by atoms with van der Waals surface area (Å²) in [5.41, 5.74) is 0.297. The third-order valence-corrected chi connectivity index (χ3v) is 3.71. The Bertz CT molecular complexity index is 552. The third-order valence-electron chi connectivity index (χ3n) is 2.83. The van der Waals surface area contributed by atoms with E-state index < -0.39 is 21.3 Å². The molecule has 0 saturated heterocycles. The van der Waals surface area contributed by atoms with Gasteiger partial charge < -0.3 is 10.4 Å². The minimum atomic E-state index is -4.18. The summed E-state index contributed by atoms with van der Waals surface area (Å²) in [5.74, 6) is -0.536. The number of aliphatic hydroxyl groups is 1. The first-order valence-electron chi connectivity index (χ1n) is 5.07. The van der Waals surface area contributed by atoms with E-state index in [0.717, 1.165) is 5.69 Å². The first-order valence-corrected chi connectivity index (χ1v) is 6.68. The van der Waals surface area contributed by atoms with Crippen LogP contribution < -0.4 is 5.32 Å². The van der Waals surface area contributed by atoms with Gasteiger partial charge in [-0.05, 0) is 17.8 Å². The van der Waals surface area contributed by atoms with Crippen LogP contribution in [0.15, 0.2) is 36.5 Å². The molecule has 0 unspecified atom stereocenters. The van der Waals surface area contributed by atoms with Crippen molar-refractivity contribution in [3.8, 4) is 0 Å². The van der Waals surface area contributed by atoms with Crippen LogP contribution in [0, 0.1) is 0 Å². The SMILES string of the molecule is O=S(=O)(O)C[C@]1(CO)C=CNc2ccccc21. The van der Waals surface area contributed by atoms with Crippen molar-refractivity contribution in [2.75, 3.05) is 17.7 Å². The van der Waals surface area contributed by atoms with E-state index >= 15 is 0 Å². The van der Waals surface area contributed by atoms with E-state index in [1.54, 1.807) is 36.5 Å². The van der Waals surface area contributed by atoms with Crippen LogP contribution in [-0.2, 0) is 15.5 Å². The smallest absolute Gasteiger partial charge is 0.266 e. The van der Waals surface area contributed by atoms with Crippen LogP contribution in [0.1, 0.15) is 5.56 Å². The van der Waals surface area contributed by atoms with Gasteiger partial charge in [-0.25, -0.2) is 0 Å². The summed E-state index contributed by atoms with van der Waals surface area (Å²) < 4.78 is 31.1. The number of rotatable bonds is 3. The highest BCUT2D eigenvalue weighted by Gasteiger charge is 2.37. The Kier molecular flexibility index (Phi) is 2.94. The quantitative estimate of drug-likeness (QED) is 0.694. The van der Waals surface area contributed by atoms with Gasteiger partial charge in [-0.1, -0.05) is 24.3 Å². The van der Waals surface area contributed by atoms with Gasteiger partial charge in [0.1, 0.15) is 0 Å². The number of anilines is 1. The maximum atomic E-state index is 11.1. The lowest BCUT2D eigenvalue weighted by Crippen LogP contribution is -2.38. The summed E-state index contributed by atoms with van der Waals surface area (Å²) in [5, 5.41) is 12.5. The monoisotopic (exact) mass is 255 g/mol. The predicted octanol–water partition coefficient (Wildman–Crippen LogP) is 0.744. The summed E-state index contributed by atoms with van der Waals surface area (Å²) in [6, 6.07) is 7.08. The zero-order valence-corrected chi connectivity index (χ0v) is 9.81. The van der Waals surface area contributed by atoms with E-state index in [1.807, 2.05) is 0 Å². The standard InChI is InChI=1S/C11H13NO4S/c13-7-11(8-17(14,15)16)5-6-12-10-4-2-1-3-9(10)11/h1-6,12-13H,7-8H2,(H,14,15,16)/t11-/m1/s1. The molecule has 3 N–H and O–H groups in total. The van der Waals surface area contributed by atoms with E-state index in [2.05, 4.69) is 5.32 Å². The highest BCUT2D eigenvalue weighted by molar-refractivity contribution is 7.85. The van der Waals surface area contributed by atoms with Crippen LogP contribution >= 0.6 is 0 Å². The number of nitrogens with one attached hydrogen (secondary N) is 1. The lowest BCUT2D eigenvalue weighted by molar-refractivity contribution is 0.235. The number of aliphatic hydroxyl groups excluding tert-OH is 1. The van der Waals surface area contributed by atoms with E-state index in [0.29, 0.717) is 5.56 Å². The molecule has 0 bridgehead atoms. The van der Waals surface area contributed by atoms with Crippen molar-refractivity contribution < 1.29 is 18.1 Å². The molecule has 0 radical (unpaired) electrons. The van der Waals surface area contributed by atoms with Gasteiger partial charge in [-0.15, -0.1) is 0 Å². The second kappa shape index (κ2) is 4.14. The lowest BCUT2D eigenvalue weighted by atomic mass is 9.80. The van der Waals surface area contributed by atoms with E-state index in [4.69, 9.17) is 4.55 Å². The summed E-state index contributed by atoms with van der Waals surface area (Å²) >= 11 is 0. The average molecular weight is 255 g/mol. The molecular weight excluding hydrogens is 242 g/mol. The van der Waals surface area contributed by atoms with Gasteiger partial charge in [0.05, 0.1) is 17.8 Å². The van der Waals surface area contributed by atoms with Gasteiger partial charge in [-0.3, -0.25) is 4.55 Å². The number of hydrogen-bond acceptors (Lipinski definition) is 4. The van der Waals surface area contributed by atoms with Crippen molar-refractivity contribution in [3.63, 3.8) is 0 Å². The van der Waals surface area contributed by atoms with Crippen LogP contribution in [0.3, 0.4) is 0 Å². The van der Waals surface area contributed by atoms with Gasteiger partial charge in [0, 0.05) is 5.69 Å². The lowest BCUT2D eigenvalue weighted by Gasteiger charge is -2.32. The Morgan fingerprint density at radius 1 is 1.29 bits per heavy atom. The normalized spacial score (nSPS) is 22.9. The fourth-order valence-electron chi connectivity index (χ4n) is 2.06. The predicted molar refractivity (Wildman–Crippen MR) is 64.4 cm³/mol. The molecule has 0 spiro atoms. The first-order chi connectivity index (χ1) is 7.97. The van der Waals surface area contributed by atoms with E-state index in [9.17, 15) is 13.5 Å². The molecule has 0 aliphatic carbocycles. The van der Waals surface area contributed by atoms with Crippen molar-refractivity contribution >= 4 is 15.8 Å². The molecule has 1 aromatic rings. The topological polar surface area (TPSA) is 86.6 Å². The Labute approximate surface area is 99.5 Å². The molecule has 0 fully saturated rings. The second-order valence-corrected chi connectivity index (χ2v) is 5.52. The fraction of sp³-hybridized carbons (Fsp3) is 0.273.